The van der Waals surface area contributed by atoms with Gasteiger partial charge in [-0.25, -0.2) is 0 Å². The topological polar surface area (TPSA) is 55.2 Å². The summed E-state index contributed by atoms with van der Waals surface area (Å²) >= 11 is 0. The number of nitro groups is 1. The molecule has 3 rings (SSSR count). The molecule has 20 heavy (non-hydrogen) atoms. The molecule has 0 bridgehead atoms. The highest BCUT2D eigenvalue weighted by atomic mass is 16.6. The van der Waals surface area contributed by atoms with Crippen LogP contribution < -0.4 is 5.32 Å². The van der Waals surface area contributed by atoms with Crippen LogP contribution in [-0.4, -0.2) is 4.92 Å². The molecule has 0 saturated heterocycles. The second kappa shape index (κ2) is 4.96. The normalized spacial score (nSPS) is 16.8. The number of nitrogens with one attached hydrogen (secondary N) is 1. The number of hydrogen-bond donors (Lipinski definition) is 1. The molecule has 1 aliphatic carbocycles. The molecule has 0 aromatic heterocycles. The van der Waals surface area contributed by atoms with Gasteiger partial charge in [0.05, 0.1) is 11.0 Å². The number of fused-ring (bicyclic) bond motifs is 1. The highest BCUT2D eigenvalue weighted by Crippen LogP contribution is 2.34. The molecule has 2 aromatic rings. The number of rotatable bonds is 3. The first-order valence-corrected chi connectivity index (χ1v) is 6.74. The summed E-state index contributed by atoms with van der Waals surface area (Å²) in [5, 5.41) is 14.3. The molecule has 4 nitrogen and oxygen atoms in total. The van der Waals surface area contributed by atoms with E-state index in [-0.39, 0.29) is 10.6 Å². The standard InChI is InChI=1S/C16H16N2O2/c1-11-10-13(7-9-16(11)18(19)20)17-15-8-6-12-4-2-3-5-14(12)15/h2-5,7,9-10,15,17H,6,8H2,1H3. The molecule has 0 aliphatic heterocycles. The Balaban J connectivity index is 1.83. The monoisotopic (exact) mass is 268 g/mol. The Morgan fingerprint density at radius 3 is 2.80 bits per heavy atom. The van der Waals surface area contributed by atoms with Gasteiger partial charge in [0.2, 0.25) is 0 Å². The van der Waals surface area contributed by atoms with Crippen molar-refractivity contribution in [3.63, 3.8) is 0 Å². The largest absolute Gasteiger partial charge is 0.378 e. The van der Waals surface area contributed by atoms with Gasteiger partial charge in [-0.3, -0.25) is 10.1 Å². The van der Waals surface area contributed by atoms with Crippen molar-refractivity contribution in [3.05, 3.63) is 69.3 Å². The average molecular weight is 268 g/mol. The Morgan fingerprint density at radius 1 is 1.25 bits per heavy atom. The fourth-order valence-corrected chi connectivity index (χ4v) is 2.86. The molecule has 1 atom stereocenters. The Labute approximate surface area is 117 Å². The molecule has 0 radical (unpaired) electrons. The maximum Gasteiger partial charge on any atom is 0.272 e. The minimum Gasteiger partial charge on any atom is -0.378 e. The maximum absolute atomic E-state index is 10.8. The molecule has 1 unspecified atom stereocenters. The fourth-order valence-electron chi connectivity index (χ4n) is 2.86. The van der Waals surface area contributed by atoms with Gasteiger partial charge in [0.25, 0.3) is 5.69 Å². The third-order valence-corrected chi connectivity index (χ3v) is 3.87. The van der Waals surface area contributed by atoms with Gasteiger partial charge in [-0.15, -0.1) is 0 Å². The number of nitro benzene ring substituents is 1. The van der Waals surface area contributed by atoms with Crippen LogP contribution in [0.25, 0.3) is 0 Å². The molecule has 2 aromatic carbocycles. The zero-order valence-electron chi connectivity index (χ0n) is 11.3. The second-order valence-corrected chi connectivity index (χ2v) is 5.19. The van der Waals surface area contributed by atoms with E-state index in [1.54, 1.807) is 19.1 Å². The van der Waals surface area contributed by atoms with Crippen LogP contribution in [-0.2, 0) is 6.42 Å². The quantitative estimate of drug-likeness (QED) is 0.676. The van der Waals surface area contributed by atoms with Crippen LogP contribution in [0.3, 0.4) is 0 Å². The average Bonchev–Trinajstić information content (AvgIpc) is 2.82. The summed E-state index contributed by atoms with van der Waals surface area (Å²) < 4.78 is 0. The number of hydrogen-bond acceptors (Lipinski definition) is 3. The summed E-state index contributed by atoms with van der Waals surface area (Å²) in [6, 6.07) is 13.9. The Hall–Kier alpha value is -2.36. The van der Waals surface area contributed by atoms with E-state index < -0.39 is 0 Å². The van der Waals surface area contributed by atoms with E-state index in [0.29, 0.717) is 11.6 Å². The van der Waals surface area contributed by atoms with Crippen LogP contribution in [0, 0.1) is 17.0 Å². The van der Waals surface area contributed by atoms with Crippen LogP contribution in [0.4, 0.5) is 11.4 Å². The van der Waals surface area contributed by atoms with Crippen molar-refractivity contribution in [2.45, 2.75) is 25.8 Å². The first kappa shape index (κ1) is 12.7. The van der Waals surface area contributed by atoms with Gasteiger partial charge >= 0.3 is 0 Å². The van der Waals surface area contributed by atoms with Gasteiger partial charge in [0.15, 0.2) is 0 Å². The van der Waals surface area contributed by atoms with Gasteiger partial charge < -0.3 is 5.32 Å². The Bertz CT molecular complexity index is 667. The Morgan fingerprint density at radius 2 is 2.05 bits per heavy atom. The lowest BCUT2D eigenvalue weighted by Crippen LogP contribution is -2.07. The number of anilines is 1. The van der Waals surface area contributed by atoms with Gasteiger partial charge in [0.1, 0.15) is 0 Å². The first-order valence-electron chi connectivity index (χ1n) is 6.74. The van der Waals surface area contributed by atoms with Crippen molar-refractivity contribution < 1.29 is 4.92 Å². The highest BCUT2D eigenvalue weighted by molar-refractivity contribution is 5.55. The van der Waals surface area contributed by atoms with Crippen LogP contribution in [0.2, 0.25) is 0 Å². The van der Waals surface area contributed by atoms with Crippen LogP contribution >= 0.6 is 0 Å². The van der Waals surface area contributed by atoms with E-state index in [0.717, 1.165) is 18.5 Å². The minimum atomic E-state index is -0.343. The van der Waals surface area contributed by atoms with E-state index >= 15 is 0 Å². The number of nitrogens with zero attached hydrogens (tertiary/aromatic N) is 1. The van der Waals surface area contributed by atoms with Crippen molar-refractivity contribution in [2.75, 3.05) is 5.32 Å². The van der Waals surface area contributed by atoms with Crippen molar-refractivity contribution in [2.24, 2.45) is 0 Å². The molecule has 0 saturated carbocycles. The van der Waals surface area contributed by atoms with Crippen molar-refractivity contribution in [1.82, 2.24) is 0 Å². The van der Waals surface area contributed by atoms with Gasteiger partial charge in [-0.1, -0.05) is 24.3 Å². The molecule has 0 fully saturated rings. The van der Waals surface area contributed by atoms with E-state index in [4.69, 9.17) is 0 Å². The van der Waals surface area contributed by atoms with E-state index in [2.05, 4.69) is 29.6 Å². The van der Waals surface area contributed by atoms with Crippen LogP contribution in [0.15, 0.2) is 42.5 Å². The molecular weight excluding hydrogens is 252 g/mol. The van der Waals surface area contributed by atoms with Crippen LogP contribution in [0.5, 0.6) is 0 Å². The summed E-state index contributed by atoms with van der Waals surface area (Å²) in [5.74, 6) is 0. The molecule has 1 N–H and O–H groups in total. The molecule has 1 aliphatic rings. The van der Waals surface area contributed by atoms with E-state index in [1.807, 2.05) is 6.07 Å². The summed E-state index contributed by atoms with van der Waals surface area (Å²) in [6.07, 6.45) is 2.15. The Kier molecular flexibility index (Phi) is 3.14. The zero-order chi connectivity index (χ0) is 14.1. The number of benzene rings is 2. The maximum atomic E-state index is 10.8. The lowest BCUT2D eigenvalue weighted by molar-refractivity contribution is -0.385. The molecule has 0 spiro atoms. The third-order valence-electron chi connectivity index (χ3n) is 3.87. The van der Waals surface area contributed by atoms with E-state index in [9.17, 15) is 10.1 Å². The SMILES string of the molecule is Cc1cc(NC2CCc3ccccc32)ccc1[N+](=O)[O-]. The van der Waals surface area contributed by atoms with Crippen molar-refractivity contribution >= 4 is 11.4 Å². The summed E-state index contributed by atoms with van der Waals surface area (Å²) in [4.78, 5) is 10.5. The molecule has 102 valence electrons. The molecule has 0 amide bonds. The fraction of sp³-hybridized carbons (Fsp3) is 0.250. The van der Waals surface area contributed by atoms with E-state index in [1.165, 1.54) is 11.1 Å². The highest BCUT2D eigenvalue weighted by Gasteiger charge is 2.22. The molecule has 0 heterocycles. The van der Waals surface area contributed by atoms with Crippen LogP contribution in [0.1, 0.15) is 29.2 Å². The summed E-state index contributed by atoms with van der Waals surface area (Å²) in [6.45, 7) is 1.77. The zero-order valence-corrected chi connectivity index (χ0v) is 11.3. The molecular formula is C16H16N2O2. The number of aryl methyl sites for hydroxylation is 2. The second-order valence-electron chi connectivity index (χ2n) is 5.19. The molecule has 4 heteroatoms. The van der Waals surface area contributed by atoms with Gasteiger partial charge in [0, 0.05) is 17.3 Å². The van der Waals surface area contributed by atoms with Gasteiger partial charge in [-0.05, 0) is 43.0 Å². The van der Waals surface area contributed by atoms with Gasteiger partial charge in [-0.2, -0.15) is 0 Å². The summed E-state index contributed by atoms with van der Waals surface area (Å²) in [7, 11) is 0. The third kappa shape index (κ3) is 2.25. The first-order chi connectivity index (χ1) is 9.65. The lowest BCUT2D eigenvalue weighted by Gasteiger charge is -2.16. The lowest BCUT2D eigenvalue weighted by atomic mass is 10.1. The predicted octanol–water partition coefficient (Wildman–Crippen LogP) is 4.00. The smallest absolute Gasteiger partial charge is 0.272 e. The summed E-state index contributed by atoms with van der Waals surface area (Å²) in [5.41, 5.74) is 4.52. The predicted molar refractivity (Wildman–Crippen MR) is 79.0 cm³/mol. The minimum absolute atomic E-state index is 0.169. The van der Waals surface area contributed by atoms with Crippen molar-refractivity contribution in [3.8, 4) is 0 Å². The van der Waals surface area contributed by atoms with Crippen molar-refractivity contribution in [1.29, 1.82) is 0 Å².